The Bertz CT molecular complexity index is 3000. The van der Waals surface area contributed by atoms with Gasteiger partial charge in [0, 0.05) is 41.3 Å². The van der Waals surface area contributed by atoms with E-state index in [9.17, 15) is 113 Å². The molecule has 0 aliphatic rings. The van der Waals surface area contributed by atoms with E-state index in [0.29, 0.717) is 0 Å². The first-order valence-electron chi connectivity index (χ1n) is 26.8. The molecule has 4 rings (SSSR count). The Labute approximate surface area is 519 Å². The van der Waals surface area contributed by atoms with Gasteiger partial charge in [-0.1, -0.05) is 0 Å². The smallest absolute Gasteiger partial charge is 0.344 e. The van der Waals surface area contributed by atoms with Gasteiger partial charge < -0.3 is 93.6 Å². The molecule has 0 fully saturated rings. The normalized spacial score (nSPS) is 10.7. The topological polar surface area (TPSA) is 495 Å². The molecule has 0 saturated heterocycles. The number of benzene rings is 4. The molecule has 0 aliphatic carbocycles. The second-order valence-corrected chi connectivity index (χ2v) is 19.6. The van der Waals surface area contributed by atoms with Crippen molar-refractivity contribution in [2.45, 2.75) is 12.8 Å². The number of esters is 6. The fraction of sp³-hybridized carbons (Fsp3) is 0.328. The van der Waals surface area contributed by atoms with Crippen LogP contribution in [0.1, 0.15) is 54.3 Å². The molecular formula is C58H60N4O30. The zero-order valence-electron chi connectivity index (χ0n) is 48.3. The van der Waals surface area contributed by atoms with Crippen molar-refractivity contribution in [3.8, 4) is 0 Å². The minimum atomic E-state index is -2.01. The van der Waals surface area contributed by atoms with Gasteiger partial charge in [-0.15, -0.1) is 0 Å². The van der Waals surface area contributed by atoms with E-state index >= 15 is 0 Å². The summed E-state index contributed by atoms with van der Waals surface area (Å²) in [5.41, 5.74) is -2.04. The van der Waals surface area contributed by atoms with Gasteiger partial charge in [-0.3, -0.25) is 43.2 Å². The number of rotatable bonds is 42. The summed E-state index contributed by atoms with van der Waals surface area (Å²) in [6.45, 7) is -12.8. The largest absolute Gasteiger partial charge is 0.480 e. The predicted octanol–water partition coefficient (Wildman–Crippen LogP) is 0.756. The molecule has 0 bridgehead atoms. The van der Waals surface area contributed by atoms with Gasteiger partial charge in [-0.25, -0.2) is 28.8 Å². The second-order valence-electron chi connectivity index (χ2n) is 19.6. The van der Waals surface area contributed by atoms with Crippen LogP contribution in [0.2, 0.25) is 0 Å². The van der Waals surface area contributed by atoms with Gasteiger partial charge in [-0.2, -0.15) is 0 Å². The van der Waals surface area contributed by atoms with Gasteiger partial charge in [0.25, 0.3) is 0 Å². The number of ether oxygens (including phenoxy) is 7. The van der Waals surface area contributed by atoms with Crippen molar-refractivity contribution in [2.75, 3.05) is 125 Å². The van der Waals surface area contributed by atoms with Crippen LogP contribution in [-0.2, 0) is 85.9 Å². The molecule has 0 aromatic heterocycles. The lowest BCUT2D eigenvalue weighted by Gasteiger charge is -2.32. The monoisotopic (exact) mass is 1290 g/mol. The summed E-state index contributed by atoms with van der Waals surface area (Å²) in [4.78, 5) is 187. The summed E-state index contributed by atoms with van der Waals surface area (Å²) < 4.78 is 37.4. The van der Waals surface area contributed by atoms with Crippen molar-refractivity contribution < 1.29 is 146 Å². The van der Waals surface area contributed by atoms with Crippen molar-refractivity contribution in [2.24, 2.45) is 5.41 Å². The number of carbonyl (C=O) groups excluding carboxylic acids is 7. The molecule has 8 N–H and O–H groups in total. The maximum Gasteiger partial charge on any atom is 0.344 e. The van der Waals surface area contributed by atoms with E-state index in [2.05, 4.69) is 0 Å². The molecule has 0 aliphatic heterocycles. The Balaban J connectivity index is 1.58. The average molecular weight is 1290 g/mol. The Morgan fingerprint density at radius 2 is 0.533 bits per heavy atom. The number of nitrogens with zero attached hydrogens (tertiary/aromatic N) is 4. The number of carboxylic acid groups (broad SMARTS) is 8. The minimum absolute atomic E-state index is 0.0591. The van der Waals surface area contributed by atoms with E-state index in [4.69, 9.17) is 33.2 Å². The number of carbonyl (C=O) groups is 15. The van der Waals surface area contributed by atoms with Gasteiger partial charge in [0.2, 0.25) is 0 Å². The summed E-state index contributed by atoms with van der Waals surface area (Å²) in [6, 6.07) is 19.4. The summed E-state index contributed by atoms with van der Waals surface area (Å²) >= 11 is 0. The molecule has 34 heteroatoms. The SMILES string of the molecule is O=C(O)CN(CC(=O)O)c1ccc(C(=O)CCCOCC(COC(=O)COC(=O)c2ccc(N(CC(=O)O)CC(=O)O)cc2)(COC(=O)COC(=O)c2ccc(N(CC(=O)O)CC(=O)O)cc2)COC(=O)COC(=O)c2ccc(N(CC(=O)O)CC(=O)O)cc2)cc1. The highest BCUT2D eigenvalue weighted by atomic mass is 16.6. The predicted molar refractivity (Wildman–Crippen MR) is 306 cm³/mol. The maximum atomic E-state index is 13.3. The average Bonchev–Trinajstić information content (AvgIpc) is 1.00. The fourth-order valence-corrected chi connectivity index (χ4v) is 8.01. The second kappa shape index (κ2) is 35.9. The quantitative estimate of drug-likeness (QED) is 0.0131. The number of hydrogen-bond acceptors (Lipinski definition) is 26. The molecule has 34 nitrogen and oxygen atoms in total. The summed E-state index contributed by atoms with van der Waals surface area (Å²) in [7, 11) is 0. The lowest BCUT2D eigenvalue weighted by atomic mass is 9.92. The molecule has 4 aromatic carbocycles. The third-order valence-corrected chi connectivity index (χ3v) is 12.2. The van der Waals surface area contributed by atoms with E-state index in [0.717, 1.165) is 56.0 Å². The van der Waals surface area contributed by atoms with Crippen molar-refractivity contribution in [3.05, 3.63) is 119 Å². The van der Waals surface area contributed by atoms with Crippen molar-refractivity contribution in [1.29, 1.82) is 0 Å². The van der Waals surface area contributed by atoms with Gasteiger partial charge in [-0.05, 0) is 103 Å². The van der Waals surface area contributed by atoms with Crippen LogP contribution < -0.4 is 19.6 Å². The summed E-state index contributed by atoms with van der Waals surface area (Å²) in [5.74, 6) is -18.5. The van der Waals surface area contributed by atoms with Crippen molar-refractivity contribution >= 4 is 112 Å². The molecule has 0 heterocycles. The van der Waals surface area contributed by atoms with Crippen LogP contribution in [0.15, 0.2) is 97.1 Å². The fourth-order valence-electron chi connectivity index (χ4n) is 8.01. The zero-order valence-corrected chi connectivity index (χ0v) is 48.3. The number of aliphatic carboxylic acids is 8. The number of hydrogen-bond donors (Lipinski definition) is 8. The van der Waals surface area contributed by atoms with E-state index in [1.807, 2.05) is 0 Å². The standard InChI is InChI=1S/C58H60N4O30/c63-43(35-3-11-39(12-4-35)59(20-44(64)65)21-45(66)67)2-1-19-86-31-58(32-90-52(80)28-87-55(83)36-5-13-40(14-6-36)60(22-46(68)69)23-47(70)71,33-91-53(81)29-88-56(84)37-7-15-41(16-8-37)61(24-48(72)73)25-49(74)75)34-92-54(82)30-89-57(85)38-9-17-42(18-10-38)62(26-50(76)77)27-51(78)79/h3-18H,1-2,19-34H2,(H,64,65)(H,66,67)(H,68,69)(H,70,71)(H,72,73)(H,74,75)(H,76,77)(H,78,79). The Morgan fingerprint density at radius 3 is 0.761 bits per heavy atom. The number of ketones is 1. The van der Waals surface area contributed by atoms with Crippen LogP contribution in [-0.4, -0.2) is 235 Å². The molecule has 492 valence electrons. The highest BCUT2D eigenvalue weighted by Gasteiger charge is 2.37. The molecule has 4 aromatic rings. The lowest BCUT2D eigenvalue weighted by molar-refractivity contribution is -0.171. The van der Waals surface area contributed by atoms with Crippen LogP contribution >= 0.6 is 0 Å². The van der Waals surface area contributed by atoms with Crippen LogP contribution in [0, 0.1) is 5.41 Å². The van der Waals surface area contributed by atoms with Crippen molar-refractivity contribution in [3.63, 3.8) is 0 Å². The Kier molecular flexibility index (Phi) is 28.4. The van der Waals surface area contributed by atoms with Gasteiger partial charge in [0.15, 0.2) is 25.6 Å². The lowest BCUT2D eigenvalue weighted by Crippen LogP contribution is -2.44. The molecule has 92 heavy (non-hydrogen) atoms. The number of Topliss-reactive ketones (excluding diaryl/α,β-unsaturated/α-hetero) is 1. The number of anilines is 4. The van der Waals surface area contributed by atoms with Crippen LogP contribution in [0.4, 0.5) is 22.7 Å². The first-order valence-corrected chi connectivity index (χ1v) is 26.8. The van der Waals surface area contributed by atoms with E-state index < -0.39 is 193 Å². The van der Waals surface area contributed by atoms with E-state index in [-0.39, 0.29) is 64.5 Å². The van der Waals surface area contributed by atoms with Crippen LogP contribution in [0.5, 0.6) is 0 Å². The van der Waals surface area contributed by atoms with Gasteiger partial charge in [0.1, 0.15) is 72.2 Å². The zero-order chi connectivity index (χ0) is 68.1. The maximum absolute atomic E-state index is 13.3. The first-order chi connectivity index (χ1) is 43.5. The van der Waals surface area contributed by atoms with E-state index in [1.54, 1.807) is 0 Å². The third-order valence-electron chi connectivity index (χ3n) is 12.2. The molecule has 0 atom stereocenters. The van der Waals surface area contributed by atoms with Crippen LogP contribution in [0.3, 0.4) is 0 Å². The van der Waals surface area contributed by atoms with Crippen LogP contribution in [0.25, 0.3) is 0 Å². The molecule has 0 saturated carbocycles. The van der Waals surface area contributed by atoms with Gasteiger partial charge in [0.05, 0.1) is 28.7 Å². The van der Waals surface area contributed by atoms with E-state index in [1.165, 1.54) is 60.7 Å². The number of carboxylic acids is 8. The van der Waals surface area contributed by atoms with Gasteiger partial charge >= 0.3 is 83.6 Å². The molecule has 0 unspecified atom stereocenters. The Hall–Kier alpha value is -11.7. The van der Waals surface area contributed by atoms with Crippen molar-refractivity contribution in [1.82, 2.24) is 0 Å². The Morgan fingerprint density at radius 1 is 0.304 bits per heavy atom. The highest BCUT2D eigenvalue weighted by Crippen LogP contribution is 2.24. The molecule has 0 radical (unpaired) electrons. The summed E-state index contributed by atoms with van der Waals surface area (Å²) in [6.07, 6.45) is -0.277. The molecular weight excluding hydrogens is 1230 g/mol. The highest BCUT2D eigenvalue weighted by molar-refractivity contribution is 5.97. The minimum Gasteiger partial charge on any atom is -0.480 e. The molecule has 0 amide bonds. The third kappa shape index (κ3) is 25.9. The summed E-state index contributed by atoms with van der Waals surface area (Å²) in [5, 5.41) is 73.9. The first kappa shape index (κ1) is 72.8. The molecule has 0 spiro atoms.